The number of hydrogen-bond donors (Lipinski definition) is 2. The maximum atomic E-state index is 10.3. The monoisotopic (exact) mass is 261 g/mol. The van der Waals surface area contributed by atoms with Gasteiger partial charge in [-0.05, 0) is 25.1 Å². The Labute approximate surface area is 110 Å². The third kappa shape index (κ3) is 2.20. The molecule has 1 fully saturated rings. The molecule has 0 amide bonds. The Morgan fingerprint density at radius 1 is 1.47 bits per heavy atom. The van der Waals surface area contributed by atoms with E-state index in [-0.39, 0.29) is 5.89 Å². The van der Waals surface area contributed by atoms with Gasteiger partial charge in [-0.3, -0.25) is 0 Å². The summed E-state index contributed by atoms with van der Waals surface area (Å²) in [5.41, 5.74) is -0.256. The summed E-state index contributed by atoms with van der Waals surface area (Å²) in [5.74, 6) is 1.44. The minimum atomic E-state index is -1.05. The molecule has 2 aromatic rings. The van der Waals surface area contributed by atoms with Crippen LogP contribution in [0.25, 0.3) is 11.4 Å². The van der Waals surface area contributed by atoms with Crippen molar-refractivity contribution in [3.8, 4) is 17.1 Å². The van der Waals surface area contributed by atoms with Crippen LogP contribution in [0.3, 0.4) is 0 Å². The Bertz CT molecular complexity index is 576. The van der Waals surface area contributed by atoms with Crippen molar-refractivity contribution in [1.29, 1.82) is 0 Å². The van der Waals surface area contributed by atoms with E-state index in [9.17, 15) is 5.11 Å². The van der Waals surface area contributed by atoms with Gasteiger partial charge >= 0.3 is 0 Å². The van der Waals surface area contributed by atoms with Gasteiger partial charge in [-0.2, -0.15) is 4.98 Å². The zero-order chi connectivity index (χ0) is 13.3. The van der Waals surface area contributed by atoms with E-state index in [4.69, 9.17) is 9.26 Å². The van der Waals surface area contributed by atoms with Crippen LogP contribution < -0.4 is 10.1 Å². The average molecular weight is 261 g/mol. The van der Waals surface area contributed by atoms with Crippen molar-refractivity contribution in [2.45, 2.75) is 12.0 Å². The van der Waals surface area contributed by atoms with Crippen LogP contribution in [0.15, 0.2) is 28.8 Å². The maximum absolute atomic E-state index is 10.3. The molecule has 0 radical (unpaired) electrons. The fourth-order valence-corrected chi connectivity index (χ4v) is 2.15. The summed E-state index contributed by atoms with van der Waals surface area (Å²) >= 11 is 0. The molecule has 6 nitrogen and oxygen atoms in total. The second kappa shape index (κ2) is 4.64. The predicted molar refractivity (Wildman–Crippen MR) is 67.7 cm³/mol. The molecule has 1 atom stereocenters. The SMILES string of the molecule is COc1cccc(-c2noc(C3(O)CCNC3)n2)c1. The first kappa shape index (κ1) is 12.1. The zero-order valence-corrected chi connectivity index (χ0v) is 10.6. The fourth-order valence-electron chi connectivity index (χ4n) is 2.15. The summed E-state index contributed by atoms with van der Waals surface area (Å²) in [5, 5.41) is 17.3. The van der Waals surface area contributed by atoms with Crippen molar-refractivity contribution in [3.05, 3.63) is 30.2 Å². The number of β-amino-alcohol motifs (C(OH)–C–C–N with tert-alkyl or cyclic N) is 1. The number of rotatable bonds is 3. The first-order valence-corrected chi connectivity index (χ1v) is 6.13. The van der Waals surface area contributed by atoms with E-state index >= 15 is 0 Å². The summed E-state index contributed by atoms with van der Waals surface area (Å²) in [4.78, 5) is 4.29. The third-order valence-electron chi connectivity index (χ3n) is 3.28. The molecule has 1 aliphatic heterocycles. The van der Waals surface area contributed by atoms with E-state index in [0.717, 1.165) is 17.9 Å². The van der Waals surface area contributed by atoms with Crippen molar-refractivity contribution < 1.29 is 14.4 Å². The molecule has 1 aromatic carbocycles. The van der Waals surface area contributed by atoms with E-state index in [1.54, 1.807) is 7.11 Å². The Morgan fingerprint density at radius 3 is 3.11 bits per heavy atom. The van der Waals surface area contributed by atoms with Crippen LogP contribution in [-0.2, 0) is 5.60 Å². The highest BCUT2D eigenvalue weighted by Crippen LogP contribution is 2.28. The highest BCUT2D eigenvalue weighted by molar-refractivity contribution is 5.56. The molecule has 1 aromatic heterocycles. The lowest BCUT2D eigenvalue weighted by molar-refractivity contribution is 0.0243. The van der Waals surface area contributed by atoms with Gasteiger partial charge in [-0.15, -0.1) is 0 Å². The topological polar surface area (TPSA) is 80.4 Å². The highest BCUT2D eigenvalue weighted by Gasteiger charge is 2.38. The Kier molecular flexibility index (Phi) is 2.96. The normalized spacial score (nSPS) is 22.6. The van der Waals surface area contributed by atoms with Gasteiger partial charge in [0, 0.05) is 12.1 Å². The van der Waals surface area contributed by atoms with E-state index in [2.05, 4.69) is 15.5 Å². The second-order valence-electron chi connectivity index (χ2n) is 4.61. The zero-order valence-electron chi connectivity index (χ0n) is 10.6. The van der Waals surface area contributed by atoms with Gasteiger partial charge in [-0.1, -0.05) is 17.3 Å². The van der Waals surface area contributed by atoms with Gasteiger partial charge in [0.05, 0.1) is 7.11 Å². The van der Waals surface area contributed by atoms with Crippen molar-refractivity contribution >= 4 is 0 Å². The molecule has 19 heavy (non-hydrogen) atoms. The molecule has 100 valence electrons. The lowest BCUT2D eigenvalue weighted by atomic mass is 10.0. The number of methoxy groups -OCH3 is 1. The molecule has 6 heteroatoms. The minimum Gasteiger partial charge on any atom is -0.497 e. The molecule has 1 unspecified atom stereocenters. The Balaban J connectivity index is 1.92. The lowest BCUT2D eigenvalue weighted by Crippen LogP contribution is -2.28. The van der Waals surface area contributed by atoms with Crippen LogP contribution in [0.1, 0.15) is 12.3 Å². The molecule has 0 bridgehead atoms. The molecular formula is C13H15N3O3. The minimum absolute atomic E-state index is 0.260. The molecule has 2 N–H and O–H groups in total. The lowest BCUT2D eigenvalue weighted by Gasteiger charge is -2.14. The van der Waals surface area contributed by atoms with Crippen LogP contribution >= 0.6 is 0 Å². The summed E-state index contributed by atoms with van der Waals surface area (Å²) in [6, 6.07) is 7.40. The number of aliphatic hydroxyl groups is 1. The van der Waals surface area contributed by atoms with Gasteiger partial charge in [0.1, 0.15) is 5.75 Å². The van der Waals surface area contributed by atoms with Crippen LogP contribution in [0.5, 0.6) is 5.75 Å². The molecule has 3 rings (SSSR count). The third-order valence-corrected chi connectivity index (χ3v) is 3.28. The standard InChI is InChI=1S/C13H15N3O3/c1-18-10-4-2-3-9(7-10)11-15-12(19-16-11)13(17)5-6-14-8-13/h2-4,7,14,17H,5-6,8H2,1H3. The molecule has 1 aliphatic rings. The first-order valence-electron chi connectivity index (χ1n) is 6.13. The molecule has 0 aliphatic carbocycles. The number of aromatic nitrogens is 2. The fraction of sp³-hybridized carbons (Fsp3) is 0.385. The van der Waals surface area contributed by atoms with Crippen molar-refractivity contribution in [2.75, 3.05) is 20.2 Å². The molecule has 0 saturated carbocycles. The van der Waals surface area contributed by atoms with E-state index in [1.807, 2.05) is 24.3 Å². The highest BCUT2D eigenvalue weighted by atomic mass is 16.5. The molecule has 2 heterocycles. The van der Waals surface area contributed by atoms with E-state index in [1.165, 1.54) is 0 Å². The van der Waals surface area contributed by atoms with Crippen LogP contribution in [0.4, 0.5) is 0 Å². The van der Waals surface area contributed by atoms with Gasteiger partial charge in [0.2, 0.25) is 5.82 Å². The van der Waals surface area contributed by atoms with Gasteiger partial charge in [0.15, 0.2) is 5.60 Å². The number of nitrogens with one attached hydrogen (secondary N) is 1. The number of ether oxygens (including phenoxy) is 1. The van der Waals surface area contributed by atoms with Crippen molar-refractivity contribution in [1.82, 2.24) is 15.5 Å². The van der Waals surface area contributed by atoms with Gasteiger partial charge in [-0.25, -0.2) is 0 Å². The Morgan fingerprint density at radius 2 is 2.37 bits per heavy atom. The number of nitrogens with zero attached hydrogens (tertiary/aromatic N) is 2. The van der Waals surface area contributed by atoms with Crippen molar-refractivity contribution in [2.24, 2.45) is 0 Å². The van der Waals surface area contributed by atoms with E-state index in [0.29, 0.717) is 18.8 Å². The first-order chi connectivity index (χ1) is 9.21. The summed E-state index contributed by atoms with van der Waals surface area (Å²) in [6.45, 7) is 1.18. The quantitative estimate of drug-likeness (QED) is 0.855. The predicted octanol–water partition coefficient (Wildman–Crippen LogP) is 0.926. The molecule has 1 saturated heterocycles. The van der Waals surface area contributed by atoms with Crippen LogP contribution in [0, 0.1) is 0 Å². The summed E-state index contributed by atoms with van der Waals surface area (Å²) < 4.78 is 10.3. The largest absolute Gasteiger partial charge is 0.497 e. The maximum Gasteiger partial charge on any atom is 0.260 e. The number of hydrogen-bond acceptors (Lipinski definition) is 6. The second-order valence-corrected chi connectivity index (χ2v) is 4.61. The summed E-state index contributed by atoms with van der Waals surface area (Å²) in [7, 11) is 1.60. The van der Waals surface area contributed by atoms with Gasteiger partial charge < -0.3 is 19.7 Å². The van der Waals surface area contributed by atoms with Gasteiger partial charge in [0.25, 0.3) is 5.89 Å². The van der Waals surface area contributed by atoms with Crippen LogP contribution in [0.2, 0.25) is 0 Å². The summed E-state index contributed by atoms with van der Waals surface area (Å²) in [6.07, 6.45) is 0.576. The molecule has 0 spiro atoms. The Hall–Kier alpha value is -1.92. The van der Waals surface area contributed by atoms with Crippen molar-refractivity contribution in [3.63, 3.8) is 0 Å². The molecular weight excluding hydrogens is 246 g/mol. The van der Waals surface area contributed by atoms with Crippen LogP contribution in [-0.4, -0.2) is 35.4 Å². The van der Waals surface area contributed by atoms with E-state index < -0.39 is 5.60 Å². The smallest absolute Gasteiger partial charge is 0.260 e. The average Bonchev–Trinajstić information content (AvgIpc) is 3.08. The number of benzene rings is 1.